The molecule has 0 bridgehead atoms. The third kappa shape index (κ3) is 9.83. The Hall–Kier alpha value is -2.84. The number of para-hydroxylation sites is 2. The molecule has 294 valence electrons. The van der Waals surface area contributed by atoms with Gasteiger partial charge in [-0.2, -0.15) is 13.2 Å². The van der Waals surface area contributed by atoms with Gasteiger partial charge in [0.1, 0.15) is 0 Å². The average Bonchev–Trinajstić information content (AvgIpc) is 3.20. The summed E-state index contributed by atoms with van der Waals surface area (Å²) in [6.45, 7) is 8.64. The predicted molar refractivity (Wildman–Crippen MR) is 224 cm³/mol. The second-order valence-electron chi connectivity index (χ2n) is 14.6. The minimum atomic E-state index is -4.35. The molecule has 8 rings (SSSR count). The van der Waals surface area contributed by atoms with Gasteiger partial charge in [0.05, 0.1) is 34.9 Å². The second kappa shape index (κ2) is 18.6. The first kappa shape index (κ1) is 40.4. The molecule has 1 unspecified atom stereocenters. The highest BCUT2D eigenvalue weighted by Crippen LogP contribution is 2.50. The van der Waals surface area contributed by atoms with Crippen molar-refractivity contribution in [3.8, 4) is 0 Å². The molecule has 0 radical (unpaired) electrons. The van der Waals surface area contributed by atoms with Crippen LogP contribution in [0.15, 0.2) is 109 Å². The van der Waals surface area contributed by atoms with Crippen LogP contribution < -0.4 is 9.80 Å². The predicted octanol–water partition coefficient (Wildman–Crippen LogP) is 10.2. The summed E-state index contributed by atoms with van der Waals surface area (Å²) in [4.78, 5) is 17.8. The van der Waals surface area contributed by atoms with E-state index in [4.69, 9.17) is 5.11 Å². The Bertz CT molecular complexity index is 1890. The lowest BCUT2D eigenvalue weighted by molar-refractivity contribution is -0.137. The monoisotopic (exact) mass is 807 g/mol. The number of β-amino-alcohol motifs (C(OH)–C–C–N with tert-alkyl or cyclic N) is 1. The fourth-order valence-corrected chi connectivity index (χ4v) is 10.6. The number of alkyl halides is 3. The van der Waals surface area contributed by atoms with E-state index in [1.807, 2.05) is 52.7 Å². The summed E-state index contributed by atoms with van der Waals surface area (Å²) >= 11 is 5.26. The van der Waals surface area contributed by atoms with Gasteiger partial charge >= 0.3 is 6.18 Å². The van der Waals surface area contributed by atoms with Crippen molar-refractivity contribution >= 4 is 58.0 Å². The van der Waals surface area contributed by atoms with Gasteiger partial charge in [-0.15, -0.1) is 11.8 Å². The van der Waals surface area contributed by atoms with E-state index in [0.29, 0.717) is 18.8 Å². The molecule has 4 aliphatic heterocycles. The maximum absolute atomic E-state index is 13.3. The fourth-order valence-electron chi connectivity index (χ4n) is 8.04. The second-order valence-corrected chi connectivity index (χ2v) is 17.7. The maximum Gasteiger partial charge on any atom is 0.416 e. The molecule has 12 heteroatoms. The van der Waals surface area contributed by atoms with Gasteiger partial charge in [0.25, 0.3) is 0 Å². The van der Waals surface area contributed by atoms with Crippen molar-refractivity contribution in [2.24, 2.45) is 0 Å². The zero-order valence-corrected chi connectivity index (χ0v) is 34.3. The number of likely N-dealkylation sites (tertiary alicyclic amines) is 1. The third-order valence-electron chi connectivity index (χ3n) is 11.1. The number of aliphatic hydroxyl groups excluding tert-OH is 1. The minimum Gasteiger partial charge on any atom is -0.395 e. The molecule has 0 saturated carbocycles. The number of piperazine rings is 1. The fraction of sp³-hybridized carbons (Fsp3) is 0.442. The summed E-state index contributed by atoms with van der Waals surface area (Å²) < 4.78 is 39.9. The number of halogens is 3. The maximum atomic E-state index is 13.3. The first-order chi connectivity index (χ1) is 26.7. The number of benzene rings is 4. The van der Waals surface area contributed by atoms with Crippen LogP contribution in [0.5, 0.6) is 0 Å². The molecule has 0 aliphatic carbocycles. The van der Waals surface area contributed by atoms with Gasteiger partial charge in [0, 0.05) is 76.3 Å². The molecule has 0 amide bonds. The van der Waals surface area contributed by atoms with Crippen LogP contribution in [-0.2, 0) is 6.18 Å². The van der Waals surface area contributed by atoms with Gasteiger partial charge in [0.15, 0.2) is 0 Å². The van der Waals surface area contributed by atoms with Crippen LogP contribution in [0.4, 0.5) is 35.9 Å². The van der Waals surface area contributed by atoms with Crippen LogP contribution >= 0.6 is 35.3 Å². The van der Waals surface area contributed by atoms with Crippen molar-refractivity contribution in [2.45, 2.75) is 68.8 Å². The highest BCUT2D eigenvalue weighted by atomic mass is 32.2. The number of nitrogens with zero attached hydrogens (tertiary/aromatic N) is 5. The Kier molecular flexibility index (Phi) is 13.7. The van der Waals surface area contributed by atoms with Gasteiger partial charge in [-0.3, -0.25) is 4.90 Å². The molecule has 4 aromatic carbocycles. The third-order valence-corrected chi connectivity index (χ3v) is 14.1. The first-order valence-electron chi connectivity index (χ1n) is 19.5. The zero-order valence-electron chi connectivity index (χ0n) is 31.8. The Morgan fingerprint density at radius 2 is 1.25 bits per heavy atom. The zero-order chi connectivity index (χ0) is 38.4. The molecular formula is C43H52F3N5OS3. The van der Waals surface area contributed by atoms with E-state index < -0.39 is 11.7 Å². The Balaban J connectivity index is 0.000000172. The number of hydrogen-bond acceptors (Lipinski definition) is 9. The molecule has 2 saturated heterocycles. The molecule has 55 heavy (non-hydrogen) atoms. The summed E-state index contributed by atoms with van der Waals surface area (Å²) in [5.41, 5.74) is 3.76. The summed E-state index contributed by atoms with van der Waals surface area (Å²) in [7, 11) is 2.30. The molecule has 1 N–H and O–H groups in total. The van der Waals surface area contributed by atoms with Crippen LogP contribution in [0.25, 0.3) is 0 Å². The van der Waals surface area contributed by atoms with Crippen molar-refractivity contribution in [1.82, 2.24) is 14.7 Å². The summed E-state index contributed by atoms with van der Waals surface area (Å²) in [6.07, 6.45) is 4.00. The lowest BCUT2D eigenvalue weighted by atomic mass is 9.99. The van der Waals surface area contributed by atoms with E-state index in [1.54, 1.807) is 6.07 Å². The molecular weight excluding hydrogens is 756 g/mol. The summed E-state index contributed by atoms with van der Waals surface area (Å²) in [6, 6.07) is 28.4. The minimum absolute atomic E-state index is 0.186. The highest BCUT2D eigenvalue weighted by molar-refractivity contribution is 8.00. The molecule has 0 spiro atoms. The van der Waals surface area contributed by atoms with Gasteiger partial charge in [-0.25, -0.2) is 0 Å². The lowest BCUT2D eigenvalue weighted by Gasteiger charge is -2.37. The van der Waals surface area contributed by atoms with Crippen molar-refractivity contribution < 1.29 is 18.3 Å². The summed E-state index contributed by atoms with van der Waals surface area (Å²) in [5, 5.41) is 9.07. The topological polar surface area (TPSA) is 36.4 Å². The smallest absolute Gasteiger partial charge is 0.395 e. The molecule has 6 nitrogen and oxygen atoms in total. The molecule has 2 fully saturated rings. The average molecular weight is 808 g/mol. The number of fused-ring (bicyclic) bond motifs is 4. The number of anilines is 4. The molecule has 4 aromatic rings. The SMILES string of the molecule is CSc1ccc2c(c1)N(CCC1CCCCN1C)c1ccccc1S2.OCCN1CCN(CCCN2c3ccccc3Sc3ccc(C(F)(F)F)cc32)CC1. The van der Waals surface area contributed by atoms with E-state index in [-0.39, 0.29) is 6.61 Å². The van der Waals surface area contributed by atoms with E-state index >= 15 is 0 Å². The van der Waals surface area contributed by atoms with Gasteiger partial charge in [-0.05, 0) is 113 Å². The first-order valence-corrected chi connectivity index (χ1v) is 22.3. The van der Waals surface area contributed by atoms with Crippen LogP contribution in [0.3, 0.4) is 0 Å². The van der Waals surface area contributed by atoms with Crippen molar-refractivity contribution in [3.63, 3.8) is 0 Å². The Morgan fingerprint density at radius 3 is 1.87 bits per heavy atom. The van der Waals surface area contributed by atoms with Crippen molar-refractivity contribution in [1.29, 1.82) is 0 Å². The Labute approximate surface area is 337 Å². The molecule has 0 aromatic heterocycles. The van der Waals surface area contributed by atoms with E-state index in [1.165, 1.54) is 82.2 Å². The number of hydrogen-bond donors (Lipinski definition) is 1. The lowest BCUT2D eigenvalue weighted by Crippen LogP contribution is -2.47. The molecule has 1 atom stereocenters. The van der Waals surface area contributed by atoms with Crippen molar-refractivity contribution in [2.75, 3.05) is 88.6 Å². The van der Waals surface area contributed by atoms with Crippen LogP contribution in [-0.4, -0.2) is 105 Å². The highest BCUT2D eigenvalue weighted by Gasteiger charge is 2.33. The van der Waals surface area contributed by atoms with Crippen LogP contribution in [0, 0.1) is 0 Å². The van der Waals surface area contributed by atoms with Gasteiger partial charge in [0.2, 0.25) is 0 Å². The quantitative estimate of drug-likeness (QED) is 0.158. The molecule has 4 heterocycles. The number of rotatable bonds is 10. The number of thioether (sulfide) groups is 1. The summed E-state index contributed by atoms with van der Waals surface area (Å²) in [5.74, 6) is 0. The van der Waals surface area contributed by atoms with E-state index in [9.17, 15) is 13.2 Å². The van der Waals surface area contributed by atoms with Crippen LogP contribution in [0.2, 0.25) is 0 Å². The largest absolute Gasteiger partial charge is 0.416 e. The van der Waals surface area contributed by atoms with Crippen LogP contribution in [0.1, 0.15) is 37.7 Å². The van der Waals surface area contributed by atoms with Gasteiger partial charge < -0.3 is 24.7 Å². The van der Waals surface area contributed by atoms with Gasteiger partial charge in [-0.1, -0.05) is 54.2 Å². The molecule has 4 aliphatic rings. The normalized spacial score (nSPS) is 18.8. The van der Waals surface area contributed by atoms with E-state index in [2.05, 4.69) is 75.4 Å². The standard InChI is InChI=1S/C22H26F3N3OS.C21H26N2S2/c23-22(24,25)17-6-7-21-19(16-17)28(18-4-1-2-5-20(18)30-21)9-3-8-26-10-12-27(13-11-26)14-15-29;1-22-13-6-5-7-16(22)12-14-23-18-8-3-4-9-20(18)25-21-11-10-17(24-2)15-19(21)23/h1-2,4-7,16,29H,3,8-15H2;3-4,8-11,15-16H,5-7,12-14H2,1-2H3. The Morgan fingerprint density at radius 1 is 0.673 bits per heavy atom. The number of aliphatic hydroxyl groups is 1. The number of piperidine rings is 1. The van der Waals surface area contributed by atoms with Crippen molar-refractivity contribution in [3.05, 3.63) is 90.5 Å². The van der Waals surface area contributed by atoms with E-state index in [0.717, 1.165) is 67.2 Å².